The molecule has 2 aliphatic heterocycles. The standard InChI is InChI=1S/C18H26N2O2.ClH/c1-18(2)12-20(9-7-16(18)19)17(21)11-15-14-6-4-3-5-13(14)8-10-22-15;/h3-6,15-16H,7-12,19H2,1-2H3;1H. The Balaban J connectivity index is 0.00000192. The summed E-state index contributed by atoms with van der Waals surface area (Å²) in [5.41, 5.74) is 8.63. The first-order valence-electron chi connectivity index (χ1n) is 8.20. The molecule has 1 aromatic carbocycles. The number of rotatable bonds is 2. The molecule has 128 valence electrons. The quantitative estimate of drug-likeness (QED) is 0.902. The second-order valence-corrected chi connectivity index (χ2v) is 7.21. The number of likely N-dealkylation sites (tertiary alicyclic amines) is 1. The number of carbonyl (C=O) groups excluding carboxylic acids is 1. The third-order valence-corrected chi connectivity index (χ3v) is 5.12. The number of nitrogens with zero attached hydrogens (tertiary/aromatic N) is 1. The highest BCUT2D eigenvalue weighted by atomic mass is 35.5. The van der Waals surface area contributed by atoms with Crippen LogP contribution in [-0.2, 0) is 16.0 Å². The van der Waals surface area contributed by atoms with E-state index >= 15 is 0 Å². The van der Waals surface area contributed by atoms with E-state index < -0.39 is 0 Å². The highest BCUT2D eigenvalue weighted by Crippen LogP contribution is 2.32. The fourth-order valence-corrected chi connectivity index (χ4v) is 3.52. The van der Waals surface area contributed by atoms with Gasteiger partial charge in [0.2, 0.25) is 5.91 Å². The van der Waals surface area contributed by atoms with E-state index in [2.05, 4.69) is 32.0 Å². The van der Waals surface area contributed by atoms with Crippen molar-refractivity contribution in [2.24, 2.45) is 11.1 Å². The maximum Gasteiger partial charge on any atom is 0.225 e. The van der Waals surface area contributed by atoms with Crippen molar-refractivity contribution >= 4 is 18.3 Å². The van der Waals surface area contributed by atoms with Crippen molar-refractivity contribution in [3.8, 4) is 0 Å². The SMILES string of the molecule is CC1(C)CN(C(=O)CC2OCCc3ccccc32)CCC1N.Cl. The van der Waals surface area contributed by atoms with Crippen LogP contribution < -0.4 is 5.73 Å². The summed E-state index contributed by atoms with van der Waals surface area (Å²) >= 11 is 0. The summed E-state index contributed by atoms with van der Waals surface area (Å²) in [7, 11) is 0. The molecule has 0 spiro atoms. The number of amides is 1. The molecule has 2 heterocycles. The Bertz CT molecular complexity index is 562. The number of benzene rings is 1. The monoisotopic (exact) mass is 338 g/mol. The molecule has 0 saturated carbocycles. The maximum atomic E-state index is 12.7. The summed E-state index contributed by atoms with van der Waals surface area (Å²) in [6, 6.07) is 8.47. The first kappa shape index (κ1) is 18.2. The van der Waals surface area contributed by atoms with Gasteiger partial charge in [-0.05, 0) is 29.4 Å². The Kier molecular flexibility index (Phi) is 5.71. The number of piperidine rings is 1. The smallest absolute Gasteiger partial charge is 0.225 e. The predicted octanol–water partition coefficient (Wildman–Crippen LogP) is 2.70. The average molecular weight is 339 g/mol. The minimum Gasteiger partial charge on any atom is -0.373 e. The van der Waals surface area contributed by atoms with Gasteiger partial charge in [0, 0.05) is 19.1 Å². The fourth-order valence-electron chi connectivity index (χ4n) is 3.52. The largest absolute Gasteiger partial charge is 0.373 e. The lowest BCUT2D eigenvalue weighted by Crippen LogP contribution is -2.54. The van der Waals surface area contributed by atoms with Gasteiger partial charge in [0.15, 0.2) is 0 Å². The molecule has 2 N–H and O–H groups in total. The third kappa shape index (κ3) is 3.87. The van der Waals surface area contributed by atoms with Crippen molar-refractivity contribution in [2.45, 2.75) is 45.3 Å². The van der Waals surface area contributed by atoms with Gasteiger partial charge in [0.05, 0.1) is 19.1 Å². The highest BCUT2D eigenvalue weighted by Gasteiger charge is 2.36. The minimum absolute atomic E-state index is 0. The Hall–Kier alpha value is -1.10. The Labute approximate surface area is 144 Å². The van der Waals surface area contributed by atoms with E-state index in [9.17, 15) is 4.79 Å². The first-order valence-corrected chi connectivity index (χ1v) is 8.20. The number of hydrogen-bond acceptors (Lipinski definition) is 3. The maximum absolute atomic E-state index is 12.7. The molecule has 2 atom stereocenters. The number of ether oxygens (including phenoxy) is 1. The summed E-state index contributed by atoms with van der Waals surface area (Å²) < 4.78 is 5.87. The van der Waals surface area contributed by atoms with Crippen LogP contribution in [0.5, 0.6) is 0 Å². The van der Waals surface area contributed by atoms with E-state index in [0.717, 1.165) is 25.9 Å². The van der Waals surface area contributed by atoms with Gasteiger partial charge >= 0.3 is 0 Å². The Morgan fingerprint density at radius 3 is 2.87 bits per heavy atom. The molecule has 4 nitrogen and oxygen atoms in total. The van der Waals surface area contributed by atoms with Crippen LogP contribution in [0, 0.1) is 5.41 Å². The molecular formula is C18H27ClN2O2. The molecule has 5 heteroatoms. The van der Waals surface area contributed by atoms with Crippen molar-refractivity contribution in [1.82, 2.24) is 4.90 Å². The highest BCUT2D eigenvalue weighted by molar-refractivity contribution is 5.85. The van der Waals surface area contributed by atoms with Gasteiger partial charge in [-0.2, -0.15) is 0 Å². The molecule has 1 fully saturated rings. The zero-order valence-electron chi connectivity index (χ0n) is 14.0. The Morgan fingerprint density at radius 2 is 2.13 bits per heavy atom. The van der Waals surface area contributed by atoms with Crippen LogP contribution in [0.3, 0.4) is 0 Å². The summed E-state index contributed by atoms with van der Waals surface area (Å²) in [5, 5.41) is 0. The molecule has 2 unspecified atom stereocenters. The van der Waals surface area contributed by atoms with E-state index in [1.165, 1.54) is 11.1 Å². The van der Waals surface area contributed by atoms with Crippen molar-refractivity contribution in [3.63, 3.8) is 0 Å². The van der Waals surface area contributed by atoms with E-state index in [-0.39, 0.29) is 35.9 Å². The summed E-state index contributed by atoms with van der Waals surface area (Å²) in [6.45, 7) is 6.48. The molecule has 0 aromatic heterocycles. The van der Waals surface area contributed by atoms with E-state index in [1.807, 2.05) is 11.0 Å². The Morgan fingerprint density at radius 1 is 1.39 bits per heavy atom. The van der Waals surface area contributed by atoms with Gasteiger partial charge in [0.1, 0.15) is 0 Å². The topological polar surface area (TPSA) is 55.6 Å². The molecule has 1 saturated heterocycles. The molecular weight excluding hydrogens is 312 g/mol. The van der Waals surface area contributed by atoms with Crippen molar-refractivity contribution in [2.75, 3.05) is 19.7 Å². The average Bonchev–Trinajstić information content (AvgIpc) is 2.50. The fraction of sp³-hybridized carbons (Fsp3) is 0.611. The third-order valence-electron chi connectivity index (χ3n) is 5.12. The lowest BCUT2D eigenvalue weighted by Gasteiger charge is -2.43. The van der Waals surface area contributed by atoms with Gasteiger partial charge in [0.25, 0.3) is 0 Å². The van der Waals surface area contributed by atoms with Crippen LogP contribution in [0.1, 0.15) is 43.9 Å². The minimum atomic E-state index is -0.101. The number of nitrogens with two attached hydrogens (primary N) is 1. The van der Waals surface area contributed by atoms with Gasteiger partial charge in [-0.3, -0.25) is 4.79 Å². The lowest BCUT2D eigenvalue weighted by atomic mass is 9.79. The van der Waals surface area contributed by atoms with Crippen LogP contribution in [0.4, 0.5) is 0 Å². The molecule has 0 radical (unpaired) electrons. The second-order valence-electron chi connectivity index (χ2n) is 7.21. The number of fused-ring (bicyclic) bond motifs is 1. The zero-order chi connectivity index (χ0) is 15.7. The summed E-state index contributed by atoms with van der Waals surface area (Å²) in [5.74, 6) is 0.182. The van der Waals surface area contributed by atoms with Gasteiger partial charge in [-0.25, -0.2) is 0 Å². The van der Waals surface area contributed by atoms with Crippen molar-refractivity contribution in [1.29, 1.82) is 0 Å². The summed E-state index contributed by atoms with van der Waals surface area (Å²) in [4.78, 5) is 14.6. The number of hydrogen-bond donors (Lipinski definition) is 1. The van der Waals surface area contributed by atoms with Crippen molar-refractivity contribution in [3.05, 3.63) is 35.4 Å². The number of halogens is 1. The molecule has 1 aromatic rings. The molecule has 2 aliphatic rings. The van der Waals surface area contributed by atoms with Crippen LogP contribution >= 0.6 is 12.4 Å². The molecule has 0 bridgehead atoms. The van der Waals surface area contributed by atoms with E-state index in [0.29, 0.717) is 13.0 Å². The van der Waals surface area contributed by atoms with Crippen LogP contribution in [-0.4, -0.2) is 36.5 Å². The van der Waals surface area contributed by atoms with E-state index in [4.69, 9.17) is 10.5 Å². The first-order chi connectivity index (χ1) is 10.5. The lowest BCUT2D eigenvalue weighted by molar-refractivity contribution is -0.138. The van der Waals surface area contributed by atoms with Gasteiger partial charge in [-0.1, -0.05) is 38.1 Å². The van der Waals surface area contributed by atoms with Crippen LogP contribution in [0.15, 0.2) is 24.3 Å². The van der Waals surface area contributed by atoms with Crippen LogP contribution in [0.2, 0.25) is 0 Å². The van der Waals surface area contributed by atoms with Crippen LogP contribution in [0.25, 0.3) is 0 Å². The normalized spacial score (nSPS) is 26.1. The number of carbonyl (C=O) groups is 1. The van der Waals surface area contributed by atoms with Gasteiger partial charge < -0.3 is 15.4 Å². The van der Waals surface area contributed by atoms with Gasteiger partial charge in [-0.15, -0.1) is 12.4 Å². The molecule has 3 rings (SSSR count). The molecule has 0 aliphatic carbocycles. The zero-order valence-corrected chi connectivity index (χ0v) is 14.8. The van der Waals surface area contributed by atoms with Crippen molar-refractivity contribution < 1.29 is 9.53 Å². The summed E-state index contributed by atoms with van der Waals surface area (Å²) in [6.07, 6.45) is 2.14. The molecule has 23 heavy (non-hydrogen) atoms. The predicted molar refractivity (Wildman–Crippen MR) is 93.7 cm³/mol. The van der Waals surface area contributed by atoms with E-state index in [1.54, 1.807) is 0 Å². The second kappa shape index (κ2) is 7.20. The molecule has 1 amide bonds.